The van der Waals surface area contributed by atoms with E-state index in [9.17, 15) is 19.5 Å². The largest absolute Gasteiger partial charge is 0.450 e. The Morgan fingerprint density at radius 2 is 1.68 bits per heavy atom. The number of benzene rings is 1. The van der Waals surface area contributed by atoms with Crippen LogP contribution in [0.2, 0.25) is 0 Å². The Hall–Kier alpha value is -2.85. The third-order valence-electron chi connectivity index (χ3n) is 6.85. The molecule has 0 spiro atoms. The van der Waals surface area contributed by atoms with Gasteiger partial charge in [-0.25, -0.2) is 14.6 Å². The first-order valence-electron chi connectivity index (χ1n) is 14.6. The van der Waals surface area contributed by atoms with Gasteiger partial charge in [-0.3, -0.25) is 10.2 Å². The van der Waals surface area contributed by atoms with E-state index in [0.717, 1.165) is 31.2 Å². The predicted molar refractivity (Wildman–Crippen MR) is 154 cm³/mol. The normalized spacial score (nSPS) is 16.6. The van der Waals surface area contributed by atoms with E-state index in [1.54, 1.807) is 32.7 Å². The molecule has 4 N–H and O–H groups in total. The quantitative estimate of drug-likeness (QED) is 0.266. The summed E-state index contributed by atoms with van der Waals surface area (Å²) in [5, 5.41) is 18.8. The molecule has 3 amide bonds. The second kappa shape index (κ2) is 16.4. The number of rotatable bonds is 13. The highest BCUT2D eigenvalue weighted by molar-refractivity contribution is 5.86. The summed E-state index contributed by atoms with van der Waals surface area (Å²) in [6, 6.07) is 8.04. The first-order valence-corrected chi connectivity index (χ1v) is 14.6. The minimum Gasteiger partial charge on any atom is -0.450 e. The fourth-order valence-electron chi connectivity index (χ4n) is 4.89. The van der Waals surface area contributed by atoms with Gasteiger partial charge in [0.2, 0.25) is 5.91 Å². The molecule has 0 bridgehead atoms. The van der Waals surface area contributed by atoms with Crippen molar-refractivity contribution in [1.82, 2.24) is 21.1 Å². The highest BCUT2D eigenvalue weighted by atomic mass is 16.6. The number of hydrogen-bond acceptors (Lipinski definition) is 7. The predicted octanol–water partition coefficient (Wildman–Crippen LogP) is 4.17. The summed E-state index contributed by atoms with van der Waals surface area (Å²) >= 11 is 0. The Morgan fingerprint density at radius 3 is 2.25 bits per heavy atom. The van der Waals surface area contributed by atoms with Crippen molar-refractivity contribution in [3.05, 3.63) is 35.9 Å². The maximum Gasteiger partial charge on any atom is 0.422 e. The van der Waals surface area contributed by atoms with Gasteiger partial charge in [0.25, 0.3) is 0 Å². The van der Waals surface area contributed by atoms with Gasteiger partial charge in [-0.1, -0.05) is 63.4 Å². The zero-order chi connectivity index (χ0) is 29.7. The standard InChI is InChI=1S/C30H50N4O6/c1-7-39-28(37)32-26(21(2)3)27(36)31-24(18-22-14-10-8-11-15-22)25(35)20-34(19-23-16-12-9-13-17-23)33-29(38)40-30(4,5)6/h8,10-11,14-15,21,23-26,35H,7,9,12-13,16-20H2,1-6H3,(H,31,36)(H,32,37)(H,33,38)/t24-,25-,26-/m0/s1. The third-order valence-corrected chi connectivity index (χ3v) is 6.85. The number of aliphatic hydroxyl groups excluding tert-OH is 1. The zero-order valence-electron chi connectivity index (χ0n) is 25.1. The summed E-state index contributed by atoms with van der Waals surface area (Å²) in [6.45, 7) is 11.6. The fraction of sp³-hybridized carbons (Fsp3) is 0.700. The molecule has 0 aliphatic heterocycles. The SMILES string of the molecule is CCOC(=O)N[C@H](C(=O)N[C@@H](Cc1ccccc1)[C@@H](O)CN(CC1CCCCC1)NC(=O)OC(C)(C)C)C(C)C. The van der Waals surface area contributed by atoms with Crippen molar-refractivity contribution < 1.29 is 29.0 Å². The van der Waals surface area contributed by atoms with Gasteiger partial charge in [-0.05, 0) is 64.4 Å². The van der Waals surface area contributed by atoms with Crippen molar-refractivity contribution in [2.45, 2.75) is 104 Å². The van der Waals surface area contributed by atoms with Crippen molar-refractivity contribution in [1.29, 1.82) is 0 Å². The number of alkyl carbamates (subject to hydrolysis) is 1. The number of nitrogens with one attached hydrogen (secondary N) is 3. The third kappa shape index (κ3) is 12.6. The molecular formula is C30H50N4O6. The van der Waals surface area contributed by atoms with Crippen LogP contribution in [0, 0.1) is 11.8 Å². The summed E-state index contributed by atoms with van der Waals surface area (Å²) in [7, 11) is 0. The molecule has 1 aliphatic rings. The number of hydrazine groups is 1. The lowest BCUT2D eigenvalue weighted by atomic mass is 9.89. The van der Waals surface area contributed by atoms with E-state index in [-0.39, 0.29) is 19.1 Å². The van der Waals surface area contributed by atoms with Crippen molar-refractivity contribution in [2.75, 3.05) is 19.7 Å². The average molecular weight is 563 g/mol. The minimum absolute atomic E-state index is 0.0885. The van der Waals surface area contributed by atoms with Gasteiger partial charge in [-0.15, -0.1) is 0 Å². The molecule has 40 heavy (non-hydrogen) atoms. The molecule has 0 radical (unpaired) electrons. The molecule has 10 nitrogen and oxygen atoms in total. The topological polar surface area (TPSA) is 129 Å². The van der Waals surface area contributed by atoms with Crippen LogP contribution in [0.3, 0.4) is 0 Å². The van der Waals surface area contributed by atoms with E-state index < -0.39 is 41.9 Å². The summed E-state index contributed by atoms with van der Waals surface area (Å²) in [5.41, 5.74) is 3.10. The smallest absolute Gasteiger partial charge is 0.422 e. The average Bonchev–Trinajstić information content (AvgIpc) is 2.86. The zero-order valence-corrected chi connectivity index (χ0v) is 25.1. The molecule has 1 fully saturated rings. The summed E-state index contributed by atoms with van der Waals surface area (Å²) in [6.07, 6.45) is 3.69. The van der Waals surface area contributed by atoms with E-state index in [1.165, 1.54) is 6.42 Å². The number of carbonyl (C=O) groups is 3. The van der Waals surface area contributed by atoms with Gasteiger partial charge in [0.1, 0.15) is 11.6 Å². The number of hydrogen-bond donors (Lipinski definition) is 4. The van der Waals surface area contributed by atoms with Crippen molar-refractivity contribution in [3.8, 4) is 0 Å². The Labute approximate surface area is 239 Å². The highest BCUT2D eigenvalue weighted by Gasteiger charge is 2.31. The maximum atomic E-state index is 13.4. The van der Waals surface area contributed by atoms with Crippen LogP contribution in [0.15, 0.2) is 30.3 Å². The van der Waals surface area contributed by atoms with Crippen LogP contribution < -0.4 is 16.1 Å². The highest BCUT2D eigenvalue weighted by Crippen LogP contribution is 2.24. The van der Waals surface area contributed by atoms with Gasteiger partial charge in [0.05, 0.1) is 18.8 Å². The summed E-state index contributed by atoms with van der Waals surface area (Å²) < 4.78 is 10.5. The molecule has 0 saturated heterocycles. The summed E-state index contributed by atoms with van der Waals surface area (Å²) in [4.78, 5) is 38.1. The van der Waals surface area contributed by atoms with Crippen LogP contribution in [-0.4, -0.2) is 71.7 Å². The molecule has 1 aliphatic carbocycles. The molecule has 10 heteroatoms. The van der Waals surface area contributed by atoms with E-state index in [1.807, 2.05) is 44.2 Å². The van der Waals surface area contributed by atoms with Crippen molar-refractivity contribution in [2.24, 2.45) is 11.8 Å². The van der Waals surface area contributed by atoms with Crippen LogP contribution >= 0.6 is 0 Å². The monoisotopic (exact) mass is 562 g/mol. The number of ether oxygens (including phenoxy) is 2. The van der Waals surface area contributed by atoms with Crippen LogP contribution in [0.1, 0.15) is 79.2 Å². The van der Waals surface area contributed by atoms with Crippen LogP contribution in [-0.2, 0) is 20.7 Å². The van der Waals surface area contributed by atoms with E-state index >= 15 is 0 Å². The molecule has 2 rings (SSSR count). The lowest BCUT2D eigenvalue weighted by Crippen LogP contribution is -2.58. The Balaban J connectivity index is 2.23. The lowest BCUT2D eigenvalue weighted by molar-refractivity contribution is -0.125. The Kier molecular flexibility index (Phi) is 13.7. The van der Waals surface area contributed by atoms with Gasteiger partial charge >= 0.3 is 12.2 Å². The molecule has 3 atom stereocenters. The van der Waals surface area contributed by atoms with Gasteiger partial charge in [0.15, 0.2) is 0 Å². The maximum absolute atomic E-state index is 13.4. The van der Waals surface area contributed by atoms with Crippen LogP contribution in [0.4, 0.5) is 9.59 Å². The number of nitrogens with zero attached hydrogens (tertiary/aromatic N) is 1. The van der Waals surface area contributed by atoms with Gasteiger partial charge < -0.3 is 25.2 Å². The molecule has 0 unspecified atom stereocenters. The molecule has 0 heterocycles. The Bertz CT molecular complexity index is 915. The van der Waals surface area contributed by atoms with E-state index in [0.29, 0.717) is 18.9 Å². The molecular weight excluding hydrogens is 512 g/mol. The number of carbonyl (C=O) groups excluding carboxylic acids is 3. The van der Waals surface area contributed by atoms with Crippen LogP contribution in [0.5, 0.6) is 0 Å². The summed E-state index contributed by atoms with van der Waals surface area (Å²) in [5.74, 6) is -0.241. The number of amides is 3. The first kappa shape index (κ1) is 33.4. The minimum atomic E-state index is -1.03. The molecule has 226 valence electrons. The molecule has 1 saturated carbocycles. The molecule has 1 aromatic carbocycles. The Morgan fingerprint density at radius 1 is 1.02 bits per heavy atom. The van der Waals surface area contributed by atoms with E-state index in [2.05, 4.69) is 16.1 Å². The first-order chi connectivity index (χ1) is 18.9. The molecule has 1 aromatic rings. The number of aliphatic hydroxyl groups is 1. The van der Waals surface area contributed by atoms with Crippen molar-refractivity contribution >= 4 is 18.1 Å². The second-order valence-corrected chi connectivity index (χ2v) is 12.0. The van der Waals surface area contributed by atoms with Gasteiger partial charge in [0, 0.05) is 13.1 Å². The van der Waals surface area contributed by atoms with E-state index in [4.69, 9.17) is 9.47 Å². The fourth-order valence-corrected chi connectivity index (χ4v) is 4.89. The van der Waals surface area contributed by atoms with Crippen LogP contribution in [0.25, 0.3) is 0 Å². The lowest BCUT2D eigenvalue weighted by Gasteiger charge is -2.34. The molecule has 0 aromatic heterocycles. The van der Waals surface area contributed by atoms with Gasteiger partial charge in [-0.2, -0.15) is 0 Å². The second-order valence-electron chi connectivity index (χ2n) is 12.0. The van der Waals surface area contributed by atoms with Crippen molar-refractivity contribution in [3.63, 3.8) is 0 Å².